The quantitative estimate of drug-likeness (QED) is 0.627. The van der Waals surface area contributed by atoms with Crippen LogP contribution in [0.3, 0.4) is 0 Å². The van der Waals surface area contributed by atoms with Crippen LogP contribution >= 0.6 is 0 Å². The Balaban J connectivity index is 2.01. The van der Waals surface area contributed by atoms with Crippen molar-refractivity contribution in [1.82, 2.24) is 4.98 Å². The van der Waals surface area contributed by atoms with E-state index in [-0.39, 0.29) is 17.7 Å². The van der Waals surface area contributed by atoms with Crippen LogP contribution in [0.2, 0.25) is 0 Å². The van der Waals surface area contributed by atoms with Gasteiger partial charge in [-0.1, -0.05) is 6.07 Å². The zero-order chi connectivity index (χ0) is 20.9. The molecule has 3 rings (SSSR count). The Morgan fingerprint density at radius 2 is 1.96 bits per heavy atom. The van der Waals surface area contributed by atoms with Crippen molar-refractivity contribution in [2.45, 2.75) is 50.7 Å². The average molecular weight is 397 g/mol. The lowest BCUT2D eigenvalue weighted by atomic mass is 9.77. The second-order valence-electron chi connectivity index (χ2n) is 7.31. The number of halogens is 4. The van der Waals surface area contributed by atoms with Crippen LogP contribution in [0.25, 0.3) is 0 Å². The number of rotatable bonds is 4. The van der Waals surface area contributed by atoms with Crippen molar-refractivity contribution in [2.75, 3.05) is 0 Å². The van der Waals surface area contributed by atoms with E-state index in [9.17, 15) is 22.4 Å². The first-order valence-corrected chi connectivity index (χ1v) is 8.53. The van der Waals surface area contributed by atoms with Crippen LogP contribution in [0.4, 0.5) is 17.6 Å². The second-order valence-corrected chi connectivity index (χ2v) is 7.31. The van der Waals surface area contributed by atoms with Gasteiger partial charge in [0.05, 0.1) is 12.6 Å². The third kappa shape index (κ3) is 3.29. The molecule has 150 valence electrons. The number of nitrogens with zero attached hydrogens (tertiary/aromatic N) is 2. The van der Waals surface area contributed by atoms with Gasteiger partial charge in [0.15, 0.2) is 22.9 Å². The molecule has 1 aromatic heterocycles. The molecule has 0 aliphatic carbocycles. The van der Waals surface area contributed by atoms with Crippen molar-refractivity contribution in [3.63, 3.8) is 0 Å². The van der Waals surface area contributed by atoms with Gasteiger partial charge < -0.3 is 10.2 Å². The summed E-state index contributed by atoms with van der Waals surface area (Å²) in [6.45, 7) is 3.48. The first kappa shape index (κ1) is 20.0. The molecule has 28 heavy (non-hydrogen) atoms. The molecule has 2 heterocycles. The number of oxazole rings is 1. The summed E-state index contributed by atoms with van der Waals surface area (Å²) in [4.78, 5) is 19.7. The molecule has 9 heteroatoms. The van der Waals surface area contributed by atoms with Crippen LogP contribution in [0.1, 0.15) is 47.8 Å². The molecule has 0 saturated heterocycles. The fraction of sp³-hybridized carbons (Fsp3) is 0.421. The van der Waals surface area contributed by atoms with Gasteiger partial charge >= 0.3 is 0 Å². The maximum Gasteiger partial charge on any atom is 0.280 e. The Labute approximate surface area is 158 Å². The number of benzene rings is 1. The number of aryl methyl sites for hydroxylation is 1. The van der Waals surface area contributed by atoms with Gasteiger partial charge in [-0.05, 0) is 31.5 Å². The van der Waals surface area contributed by atoms with Gasteiger partial charge in [0.25, 0.3) is 5.92 Å². The highest BCUT2D eigenvalue weighted by Crippen LogP contribution is 2.50. The number of carbonyl (C=O) groups is 1. The number of alkyl halides is 3. The minimum absolute atomic E-state index is 0.00745. The fourth-order valence-corrected chi connectivity index (χ4v) is 3.19. The van der Waals surface area contributed by atoms with E-state index in [0.717, 1.165) is 26.0 Å². The zero-order valence-corrected chi connectivity index (χ0v) is 15.5. The van der Waals surface area contributed by atoms with Gasteiger partial charge in [-0.15, -0.1) is 0 Å². The van der Waals surface area contributed by atoms with E-state index in [1.54, 1.807) is 6.92 Å². The highest BCUT2D eigenvalue weighted by molar-refractivity contribution is 5.94. The molecule has 0 bridgehead atoms. The number of hydrogen-bond acceptors (Lipinski definition) is 5. The molecule has 2 aromatic rings. The van der Waals surface area contributed by atoms with Crippen molar-refractivity contribution >= 4 is 11.6 Å². The summed E-state index contributed by atoms with van der Waals surface area (Å²) in [7, 11) is 0. The van der Waals surface area contributed by atoms with Crippen LogP contribution in [-0.4, -0.2) is 28.2 Å². The Bertz CT molecular complexity index is 968. The predicted octanol–water partition coefficient (Wildman–Crippen LogP) is 3.89. The van der Waals surface area contributed by atoms with Crippen molar-refractivity contribution in [3.05, 3.63) is 53.0 Å². The van der Waals surface area contributed by atoms with Gasteiger partial charge in [0, 0.05) is 18.9 Å². The number of amidine groups is 1. The molecule has 0 unspecified atom stereocenters. The Kier molecular flexibility index (Phi) is 4.60. The summed E-state index contributed by atoms with van der Waals surface area (Å²) in [5.74, 6) is -5.42. The average Bonchev–Trinajstić information content (AvgIpc) is 3.01. The molecular weight excluding hydrogens is 378 g/mol. The largest absolute Gasteiger partial charge is 0.438 e. The van der Waals surface area contributed by atoms with E-state index >= 15 is 0 Å². The summed E-state index contributed by atoms with van der Waals surface area (Å²) in [6, 6.07) is 3.40. The molecule has 0 amide bonds. The van der Waals surface area contributed by atoms with E-state index in [2.05, 4.69) is 9.98 Å². The van der Waals surface area contributed by atoms with Crippen LogP contribution in [-0.2, 0) is 12.0 Å². The molecule has 1 aliphatic rings. The van der Waals surface area contributed by atoms with E-state index in [4.69, 9.17) is 10.2 Å². The number of nitrogens with two attached hydrogens (primary N) is 1. The van der Waals surface area contributed by atoms with Crippen LogP contribution in [0, 0.1) is 12.7 Å². The molecule has 1 aromatic carbocycles. The molecule has 2 N–H and O–H groups in total. The Hall–Kier alpha value is -2.71. The molecular formula is C19H19F4N3O2. The monoisotopic (exact) mass is 397 g/mol. The van der Waals surface area contributed by atoms with Crippen LogP contribution < -0.4 is 5.73 Å². The summed E-state index contributed by atoms with van der Waals surface area (Å²) in [5, 5.41) is 0. The SMILES string of the molecule is Cc1ncc(C(=O)Cc2ccc(F)c([C@@]3(C)N=C(N)[C@](C)(F)CC3(F)F)c2)o1. The summed E-state index contributed by atoms with van der Waals surface area (Å²) in [5.41, 5.74) is 0.439. The predicted molar refractivity (Wildman–Crippen MR) is 93.7 cm³/mol. The number of aromatic nitrogens is 1. The van der Waals surface area contributed by atoms with Crippen LogP contribution in [0.15, 0.2) is 33.8 Å². The number of ketones is 1. The first-order chi connectivity index (χ1) is 12.9. The lowest BCUT2D eigenvalue weighted by Crippen LogP contribution is -2.56. The first-order valence-electron chi connectivity index (χ1n) is 8.53. The van der Waals surface area contributed by atoms with Gasteiger partial charge in [-0.3, -0.25) is 9.79 Å². The van der Waals surface area contributed by atoms with E-state index in [0.29, 0.717) is 5.89 Å². The second kappa shape index (κ2) is 6.42. The topological polar surface area (TPSA) is 81.5 Å². The standard InChI is InChI=1S/C19H19F4N3O2/c1-10-25-8-15(28-10)14(27)7-11-4-5-13(20)12(6-11)18(3)19(22,23)9-17(2,21)16(24)26-18/h4-6,8H,7,9H2,1-3H3,(H2,24,26)/t17-,18-/m1/s1. The lowest BCUT2D eigenvalue weighted by Gasteiger charge is -2.42. The van der Waals surface area contributed by atoms with E-state index in [1.165, 1.54) is 12.3 Å². The lowest BCUT2D eigenvalue weighted by molar-refractivity contribution is -0.106. The number of aliphatic imine (C=N–C) groups is 1. The Morgan fingerprint density at radius 3 is 2.57 bits per heavy atom. The maximum absolute atomic E-state index is 14.8. The number of hydrogen-bond donors (Lipinski definition) is 1. The summed E-state index contributed by atoms with van der Waals surface area (Å²) < 4.78 is 63.5. The maximum atomic E-state index is 14.8. The van der Waals surface area contributed by atoms with Gasteiger partial charge in [-0.25, -0.2) is 22.5 Å². The van der Waals surface area contributed by atoms with Crippen molar-refractivity contribution in [1.29, 1.82) is 0 Å². The van der Waals surface area contributed by atoms with Crippen LogP contribution in [0.5, 0.6) is 0 Å². The molecule has 0 fully saturated rings. The summed E-state index contributed by atoms with van der Waals surface area (Å²) in [6.07, 6.45) is -0.193. The third-order valence-electron chi connectivity index (χ3n) is 4.96. The van der Waals surface area contributed by atoms with Crippen molar-refractivity contribution in [2.24, 2.45) is 10.7 Å². The molecule has 0 spiro atoms. The number of Topliss-reactive ketones (excluding diaryl/α,β-unsaturated/α-hetero) is 1. The molecule has 2 atom stereocenters. The highest BCUT2D eigenvalue weighted by atomic mass is 19.3. The molecule has 5 nitrogen and oxygen atoms in total. The van der Waals surface area contributed by atoms with Crippen molar-refractivity contribution in [3.8, 4) is 0 Å². The summed E-state index contributed by atoms with van der Waals surface area (Å²) >= 11 is 0. The zero-order valence-electron chi connectivity index (χ0n) is 15.5. The minimum atomic E-state index is -3.70. The highest BCUT2D eigenvalue weighted by Gasteiger charge is 2.60. The van der Waals surface area contributed by atoms with Crippen molar-refractivity contribution < 1.29 is 26.8 Å². The van der Waals surface area contributed by atoms with E-state index in [1.807, 2.05) is 0 Å². The van der Waals surface area contributed by atoms with E-state index < -0.39 is 46.6 Å². The fourth-order valence-electron chi connectivity index (χ4n) is 3.19. The Morgan fingerprint density at radius 1 is 1.29 bits per heavy atom. The van der Waals surface area contributed by atoms with Gasteiger partial charge in [0.2, 0.25) is 5.78 Å². The third-order valence-corrected chi connectivity index (χ3v) is 4.96. The molecule has 0 saturated carbocycles. The van der Waals surface area contributed by atoms with Gasteiger partial charge in [-0.2, -0.15) is 0 Å². The number of carbonyl (C=O) groups excluding carboxylic acids is 1. The molecule has 0 radical (unpaired) electrons. The van der Waals surface area contributed by atoms with Gasteiger partial charge in [0.1, 0.15) is 11.7 Å². The smallest absolute Gasteiger partial charge is 0.280 e. The minimum Gasteiger partial charge on any atom is -0.438 e. The normalized spacial score (nSPS) is 26.8. The molecule has 1 aliphatic heterocycles.